The average Bonchev–Trinajstić information content (AvgIpc) is 2.03. The van der Waals surface area contributed by atoms with Gasteiger partial charge >= 0.3 is 0 Å². The average molecular weight is 166 g/mol. The number of hydrogen-bond acceptors (Lipinski definition) is 2. The van der Waals surface area contributed by atoms with Crippen LogP contribution in [-0.2, 0) is 0 Å². The standard InChI is InChI=1S/C10H18N2/c1-5-6-7-8-11-12-10(4)9(2)3/h7-8,10H,2,5-6H2,1,3-4H3/b8-7+,12-11?. The second-order valence-corrected chi connectivity index (χ2v) is 2.93. The molecule has 0 amide bonds. The predicted octanol–water partition coefficient (Wildman–Crippen LogP) is 3.72. The molecular formula is C10H18N2. The maximum Gasteiger partial charge on any atom is 0.0888 e. The van der Waals surface area contributed by atoms with E-state index in [1.54, 1.807) is 6.20 Å². The molecule has 2 heteroatoms. The third-order valence-electron chi connectivity index (χ3n) is 1.58. The Labute approximate surface area is 75.1 Å². The molecule has 68 valence electrons. The maximum absolute atomic E-state index is 4.03. The van der Waals surface area contributed by atoms with E-state index in [1.807, 2.05) is 19.9 Å². The van der Waals surface area contributed by atoms with E-state index in [1.165, 1.54) is 0 Å². The first kappa shape index (κ1) is 11.1. The van der Waals surface area contributed by atoms with Crippen molar-refractivity contribution < 1.29 is 0 Å². The molecule has 0 heterocycles. The quantitative estimate of drug-likeness (QED) is 0.439. The van der Waals surface area contributed by atoms with Crippen molar-refractivity contribution in [3.8, 4) is 0 Å². The highest BCUT2D eigenvalue weighted by Crippen LogP contribution is 2.02. The molecule has 0 fully saturated rings. The first-order valence-electron chi connectivity index (χ1n) is 4.38. The van der Waals surface area contributed by atoms with Crippen molar-refractivity contribution in [3.63, 3.8) is 0 Å². The molecule has 0 bridgehead atoms. The fourth-order valence-electron chi connectivity index (χ4n) is 0.525. The van der Waals surface area contributed by atoms with Crippen LogP contribution in [0.25, 0.3) is 0 Å². The number of rotatable bonds is 5. The van der Waals surface area contributed by atoms with Crippen LogP contribution in [0.15, 0.2) is 34.7 Å². The van der Waals surface area contributed by atoms with E-state index in [-0.39, 0.29) is 6.04 Å². The highest BCUT2D eigenvalue weighted by Gasteiger charge is 1.95. The van der Waals surface area contributed by atoms with Crippen LogP contribution in [0.5, 0.6) is 0 Å². The lowest BCUT2D eigenvalue weighted by atomic mass is 10.2. The molecule has 0 aromatic rings. The summed E-state index contributed by atoms with van der Waals surface area (Å²) in [5, 5.41) is 7.95. The predicted molar refractivity (Wildman–Crippen MR) is 53.2 cm³/mol. The fraction of sp³-hybridized carbons (Fsp3) is 0.600. The van der Waals surface area contributed by atoms with E-state index in [2.05, 4.69) is 23.7 Å². The number of allylic oxidation sites excluding steroid dienone is 1. The van der Waals surface area contributed by atoms with Crippen molar-refractivity contribution in [2.75, 3.05) is 0 Å². The Morgan fingerprint density at radius 3 is 2.75 bits per heavy atom. The van der Waals surface area contributed by atoms with Gasteiger partial charge in [-0.15, -0.1) is 0 Å². The molecule has 0 aliphatic heterocycles. The molecule has 1 atom stereocenters. The minimum atomic E-state index is 0.135. The van der Waals surface area contributed by atoms with Crippen LogP contribution in [0.3, 0.4) is 0 Å². The van der Waals surface area contributed by atoms with Crippen molar-refractivity contribution in [3.05, 3.63) is 24.4 Å². The second kappa shape index (κ2) is 6.77. The van der Waals surface area contributed by atoms with E-state index in [9.17, 15) is 0 Å². The molecule has 2 nitrogen and oxygen atoms in total. The van der Waals surface area contributed by atoms with Crippen molar-refractivity contribution in [1.29, 1.82) is 0 Å². The van der Waals surface area contributed by atoms with Gasteiger partial charge in [0, 0.05) is 6.20 Å². The van der Waals surface area contributed by atoms with Crippen molar-refractivity contribution in [2.45, 2.75) is 39.7 Å². The molecule has 1 unspecified atom stereocenters. The van der Waals surface area contributed by atoms with Crippen molar-refractivity contribution in [1.82, 2.24) is 0 Å². The lowest BCUT2D eigenvalue weighted by Crippen LogP contribution is -1.95. The summed E-state index contributed by atoms with van der Waals surface area (Å²) >= 11 is 0. The van der Waals surface area contributed by atoms with Gasteiger partial charge in [-0.05, 0) is 20.3 Å². The Morgan fingerprint density at radius 1 is 1.58 bits per heavy atom. The maximum atomic E-state index is 4.03. The SMILES string of the molecule is C=C(C)C(C)N=N/C=C/CCC. The van der Waals surface area contributed by atoms with Crippen LogP contribution in [-0.4, -0.2) is 6.04 Å². The third-order valence-corrected chi connectivity index (χ3v) is 1.58. The fourth-order valence-corrected chi connectivity index (χ4v) is 0.525. The van der Waals surface area contributed by atoms with Gasteiger partial charge in [-0.1, -0.05) is 31.6 Å². The molecular weight excluding hydrogens is 148 g/mol. The van der Waals surface area contributed by atoms with Crippen molar-refractivity contribution >= 4 is 0 Å². The van der Waals surface area contributed by atoms with Gasteiger partial charge in [0.15, 0.2) is 0 Å². The van der Waals surface area contributed by atoms with E-state index in [0.717, 1.165) is 18.4 Å². The van der Waals surface area contributed by atoms with Crippen molar-refractivity contribution in [2.24, 2.45) is 10.2 Å². The zero-order valence-electron chi connectivity index (χ0n) is 8.25. The Bertz CT molecular complexity index is 180. The highest BCUT2D eigenvalue weighted by molar-refractivity contribution is 4.98. The smallest absolute Gasteiger partial charge is 0.0888 e. The lowest BCUT2D eigenvalue weighted by Gasteiger charge is -1.99. The normalized spacial score (nSPS) is 14.2. The minimum Gasteiger partial charge on any atom is -0.182 e. The molecule has 12 heavy (non-hydrogen) atoms. The summed E-state index contributed by atoms with van der Waals surface area (Å²) in [6, 6.07) is 0.135. The summed E-state index contributed by atoms with van der Waals surface area (Å²) in [6.45, 7) is 9.87. The highest BCUT2D eigenvalue weighted by atomic mass is 15.1. The van der Waals surface area contributed by atoms with Crippen LogP contribution in [0.1, 0.15) is 33.6 Å². The molecule has 0 aliphatic rings. The van der Waals surface area contributed by atoms with Gasteiger partial charge in [-0.2, -0.15) is 10.2 Å². The second-order valence-electron chi connectivity index (χ2n) is 2.93. The monoisotopic (exact) mass is 166 g/mol. The zero-order valence-corrected chi connectivity index (χ0v) is 8.25. The van der Waals surface area contributed by atoms with Gasteiger partial charge < -0.3 is 0 Å². The molecule has 0 rings (SSSR count). The summed E-state index contributed by atoms with van der Waals surface area (Å²) in [5.74, 6) is 0. The topological polar surface area (TPSA) is 24.7 Å². The van der Waals surface area contributed by atoms with E-state index in [0.29, 0.717) is 0 Å². The summed E-state index contributed by atoms with van der Waals surface area (Å²) in [7, 11) is 0. The Balaban J connectivity index is 3.68. The van der Waals surface area contributed by atoms with E-state index in [4.69, 9.17) is 0 Å². The molecule has 0 radical (unpaired) electrons. The minimum absolute atomic E-state index is 0.135. The summed E-state index contributed by atoms with van der Waals surface area (Å²) < 4.78 is 0. The third kappa shape index (κ3) is 5.83. The Hall–Kier alpha value is -0.920. The van der Waals surface area contributed by atoms with E-state index >= 15 is 0 Å². The van der Waals surface area contributed by atoms with Gasteiger partial charge in [-0.3, -0.25) is 0 Å². The van der Waals surface area contributed by atoms with Crippen LogP contribution < -0.4 is 0 Å². The number of nitrogens with zero attached hydrogens (tertiary/aromatic N) is 2. The van der Waals surface area contributed by atoms with Crippen LogP contribution >= 0.6 is 0 Å². The summed E-state index contributed by atoms with van der Waals surface area (Å²) in [4.78, 5) is 0. The van der Waals surface area contributed by atoms with Gasteiger partial charge in [0.05, 0.1) is 6.04 Å². The molecule has 0 saturated carbocycles. The largest absolute Gasteiger partial charge is 0.182 e. The zero-order chi connectivity index (χ0) is 9.40. The van der Waals surface area contributed by atoms with E-state index < -0.39 is 0 Å². The van der Waals surface area contributed by atoms with Gasteiger partial charge in [0.2, 0.25) is 0 Å². The summed E-state index contributed by atoms with van der Waals surface area (Å²) in [5.41, 5.74) is 1.04. The summed E-state index contributed by atoms with van der Waals surface area (Å²) in [6.07, 6.45) is 6.00. The number of azo groups is 1. The molecule has 0 spiro atoms. The lowest BCUT2D eigenvalue weighted by molar-refractivity contribution is 0.803. The molecule has 0 aliphatic carbocycles. The van der Waals surface area contributed by atoms with Crippen LogP contribution in [0.2, 0.25) is 0 Å². The van der Waals surface area contributed by atoms with Gasteiger partial charge in [-0.25, -0.2) is 0 Å². The van der Waals surface area contributed by atoms with Gasteiger partial charge in [0.1, 0.15) is 0 Å². The Kier molecular flexibility index (Phi) is 6.25. The molecule has 0 N–H and O–H groups in total. The first-order valence-corrected chi connectivity index (χ1v) is 4.38. The number of unbranched alkanes of at least 4 members (excludes halogenated alkanes) is 1. The molecule has 0 aromatic heterocycles. The van der Waals surface area contributed by atoms with Crippen LogP contribution in [0, 0.1) is 0 Å². The Morgan fingerprint density at radius 2 is 2.25 bits per heavy atom. The number of hydrogen-bond donors (Lipinski definition) is 0. The molecule has 0 saturated heterocycles. The molecule has 0 aromatic carbocycles. The van der Waals surface area contributed by atoms with Gasteiger partial charge in [0.25, 0.3) is 0 Å². The van der Waals surface area contributed by atoms with Crippen LogP contribution in [0.4, 0.5) is 0 Å². The first-order chi connectivity index (χ1) is 5.68.